The van der Waals surface area contributed by atoms with E-state index < -0.39 is 0 Å². The normalized spacial score (nSPS) is 12.7. The van der Waals surface area contributed by atoms with Crippen LogP contribution in [0.25, 0.3) is 11.3 Å². The van der Waals surface area contributed by atoms with Crippen LogP contribution in [0, 0.1) is 12.7 Å². The summed E-state index contributed by atoms with van der Waals surface area (Å²) in [5, 5.41) is 0. The molecule has 0 spiro atoms. The van der Waals surface area contributed by atoms with E-state index in [1.54, 1.807) is 19.2 Å². The summed E-state index contributed by atoms with van der Waals surface area (Å²) in [6, 6.07) is 5.03. The Morgan fingerprint density at radius 1 is 1.47 bits per heavy atom. The first kappa shape index (κ1) is 11.8. The number of imidazole rings is 1. The molecule has 3 nitrogen and oxygen atoms in total. The third-order valence-electron chi connectivity index (χ3n) is 2.87. The zero-order chi connectivity index (χ0) is 12.4. The monoisotopic (exact) mass is 233 g/mol. The maximum absolute atomic E-state index is 13.4. The third kappa shape index (κ3) is 2.36. The van der Waals surface area contributed by atoms with Crippen molar-refractivity contribution in [1.29, 1.82) is 0 Å². The van der Waals surface area contributed by atoms with Gasteiger partial charge in [0.1, 0.15) is 11.6 Å². The van der Waals surface area contributed by atoms with Gasteiger partial charge >= 0.3 is 0 Å². The molecule has 0 saturated carbocycles. The van der Waals surface area contributed by atoms with Gasteiger partial charge < -0.3 is 10.7 Å². The third-order valence-corrected chi connectivity index (χ3v) is 2.87. The Morgan fingerprint density at radius 2 is 2.24 bits per heavy atom. The topological polar surface area (TPSA) is 54.7 Å². The first-order valence-corrected chi connectivity index (χ1v) is 5.68. The molecule has 17 heavy (non-hydrogen) atoms. The van der Waals surface area contributed by atoms with Crippen molar-refractivity contribution < 1.29 is 4.39 Å². The van der Waals surface area contributed by atoms with Crippen molar-refractivity contribution in [3.63, 3.8) is 0 Å². The lowest BCUT2D eigenvalue weighted by Gasteiger charge is -2.04. The van der Waals surface area contributed by atoms with Crippen LogP contribution >= 0.6 is 0 Å². The molecule has 0 saturated heterocycles. The number of nitrogens with two attached hydrogens (primary N) is 1. The molecule has 1 heterocycles. The fraction of sp³-hybridized carbons (Fsp3) is 0.308. The zero-order valence-corrected chi connectivity index (χ0v) is 10.00. The van der Waals surface area contributed by atoms with E-state index in [9.17, 15) is 4.39 Å². The van der Waals surface area contributed by atoms with Gasteiger partial charge in [-0.2, -0.15) is 0 Å². The number of aromatic nitrogens is 2. The van der Waals surface area contributed by atoms with Crippen molar-refractivity contribution >= 4 is 0 Å². The van der Waals surface area contributed by atoms with Crippen LogP contribution in [0.15, 0.2) is 24.4 Å². The second kappa shape index (κ2) is 4.67. The molecule has 1 atom stereocenters. The van der Waals surface area contributed by atoms with Gasteiger partial charge in [-0.05, 0) is 25.0 Å². The summed E-state index contributed by atoms with van der Waals surface area (Å²) in [6.07, 6.45) is 2.50. The van der Waals surface area contributed by atoms with Gasteiger partial charge in [-0.1, -0.05) is 19.1 Å². The van der Waals surface area contributed by atoms with Gasteiger partial charge in [0.25, 0.3) is 0 Å². The van der Waals surface area contributed by atoms with Gasteiger partial charge in [0.05, 0.1) is 17.9 Å². The highest BCUT2D eigenvalue weighted by atomic mass is 19.1. The number of nitrogens with one attached hydrogen (secondary N) is 1. The molecular formula is C13H16FN3. The fourth-order valence-corrected chi connectivity index (χ4v) is 1.63. The summed E-state index contributed by atoms with van der Waals surface area (Å²) in [7, 11) is 0. The number of halogens is 1. The average Bonchev–Trinajstić information content (AvgIpc) is 2.81. The van der Waals surface area contributed by atoms with Gasteiger partial charge in [-0.15, -0.1) is 0 Å². The number of hydrogen-bond donors (Lipinski definition) is 2. The van der Waals surface area contributed by atoms with Crippen molar-refractivity contribution in [2.75, 3.05) is 0 Å². The molecule has 0 fully saturated rings. The molecule has 4 heteroatoms. The van der Waals surface area contributed by atoms with Crippen molar-refractivity contribution in [3.05, 3.63) is 41.6 Å². The molecule has 3 N–H and O–H groups in total. The minimum absolute atomic E-state index is 0.0981. The molecule has 0 aliphatic carbocycles. The molecule has 0 radical (unpaired) electrons. The Hall–Kier alpha value is -1.68. The summed E-state index contributed by atoms with van der Waals surface area (Å²) < 4.78 is 13.4. The van der Waals surface area contributed by atoms with E-state index in [2.05, 4.69) is 9.97 Å². The number of aryl methyl sites for hydroxylation is 1. The van der Waals surface area contributed by atoms with E-state index >= 15 is 0 Å². The maximum Gasteiger partial charge on any atom is 0.126 e. The molecule has 0 aliphatic rings. The summed E-state index contributed by atoms with van der Waals surface area (Å²) >= 11 is 0. The fourth-order valence-electron chi connectivity index (χ4n) is 1.63. The van der Waals surface area contributed by atoms with Gasteiger partial charge in [0.2, 0.25) is 0 Å². The number of nitrogens with zero attached hydrogens (tertiary/aromatic N) is 1. The summed E-state index contributed by atoms with van der Waals surface area (Å²) in [4.78, 5) is 7.34. The largest absolute Gasteiger partial charge is 0.341 e. The molecular weight excluding hydrogens is 217 g/mol. The van der Waals surface area contributed by atoms with Gasteiger partial charge in [0, 0.05) is 5.56 Å². The average molecular weight is 233 g/mol. The summed E-state index contributed by atoms with van der Waals surface area (Å²) in [5.74, 6) is 0.530. The Labute approximate surface area is 99.9 Å². The number of rotatable bonds is 3. The minimum Gasteiger partial charge on any atom is -0.341 e. The lowest BCUT2D eigenvalue weighted by molar-refractivity contribution is 0.619. The van der Waals surface area contributed by atoms with Crippen LogP contribution < -0.4 is 5.73 Å². The Kier molecular flexibility index (Phi) is 3.24. The predicted octanol–water partition coefficient (Wildman–Crippen LogP) is 2.93. The highest BCUT2D eigenvalue weighted by Crippen LogP contribution is 2.21. The maximum atomic E-state index is 13.4. The SMILES string of the molecule is CCC(N)c1ncc(-c2ccc(C)c(F)c2)[nH]1. The van der Waals surface area contributed by atoms with Gasteiger partial charge in [-0.25, -0.2) is 9.37 Å². The molecule has 0 amide bonds. The Bertz CT molecular complexity index is 519. The molecule has 1 unspecified atom stereocenters. The smallest absolute Gasteiger partial charge is 0.126 e. The number of hydrogen-bond acceptors (Lipinski definition) is 2. The van der Waals surface area contributed by atoms with Crippen LogP contribution in [0.5, 0.6) is 0 Å². The van der Waals surface area contributed by atoms with Crippen molar-refractivity contribution in [3.8, 4) is 11.3 Å². The molecule has 0 bridgehead atoms. The number of aromatic amines is 1. The quantitative estimate of drug-likeness (QED) is 0.856. The van der Waals surface area contributed by atoms with E-state index in [1.807, 2.05) is 13.0 Å². The van der Waals surface area contributed by atoms with E-state index in [4.69, 9.17) is 5.73 Å². The highest BCUT2D eigenvalue weighted by molar-refractivity contribution is 5.59. The first-order chi connectivity index (χ1) is 8.11. The molecule has 0 aliphatic heterocycles. The Balaban J connectivity index is 2.33. The van der Waals surface area contributed by atoms with Crippen LogP contribution in [0.1, 0.15) is 30.8 Å². The lowest BCUT2D eigenvalue weighted by atomic mass is 10.1. The van der Waals surface area contributed by atoms with Crippen LogP contribution in [0.2, 0.25) is 0 Å². The van der Waals surface area contributed by atoms with E-state index in [1.165, 1.54) is 6.07 Å². The molecule has 90 valence electrons. The second-order valence-electron chi connectivity index (χ2n) is 4.16. The standard InChI is InChI=1S/C13H16FN3/c1-3-11(15)13-16-7-12(17-13)9-5-4-8(2)10(14)6-9/h4-7,11H,3,15H2,1-2H3,(H,16,17). The summed E-state index contributed by atoms with van der Waals surface area (Å²) in [6.45, 7) is 3.74. The lowest BCUT2D eigenvalue weighted by Crippen LogP contribution is -2.10. The van der Waals surface area contributed by atoms with Crippen LogP contribution in [-0.2, 0) is 0 Å². The van der Waals surface area contributed by atoms with E-state index in [0.29, 0.717) is 5.56 Å². The zero-order valence-electron chi connectivity index (χ0n) is 10.00. The van der Waals surface area contributed by atoms with Crippen molar-refractivity contribution in [1.82, 2.24) is 9.97 Å². The number of H-pyrrole nitrogens is 1. The predicted molar refractivity (Wildman–Crippen MR) is 65.9 cm³/mol. The molecule has 1 aromatic heterocycles. The van der Waals surface area contributed by atoms with Gasteiger partial charge in [0.15, 0.2) is 0 Å². The Morgan fingerprint density at radius 3 is 2.88 bits per heavy atom. The highest BCUT2D eigenvalue weighted by Gasteiger charge is 2.09. The minimum atomic E-state index is -0.210. The second-order valence-corrected chi connectivity index (χ2v) is 4.16. The molecule has 1 aromatic carbocycles. The van der Waals surface area contributed by atoms with E-state index in [0.717, 1.165) is 23.5 Å². The first-order valence-electron chi connectivity index (χ1n) is 5.68. The molecule has 2 rings (SSSR count). The van der Waals surface area contributed by atoms with Crippen molar-refractivity contribution in [2.24, 2.45) is 5.73 Å². The van der Waals surface area contributed by atoms with Crippen LogP contribution in [-0.4, -0.2) is 9.97 Å². The van der Waals surface area contributed by atoms with Crippen LogP contribution in [0.4, 0.5) is 4.39 Å². The summed E-state index contributed by atoms with van der Waals surface area (Å²) in [5.41, 5.74) is 8.09. The van der Waals surface area contributed by atoms with Crippen molar-refractivity contribution in [2.45, 2.75) is 26.3 Å². The molecule has 2 aromatic rings. The van der Waals surface area contributed by atoms with E-state index in [-0.39, 0.29) is 11.9 Å². The number of benzene rings is 1. The van der Waals surface area contributed by atoms with Gasteiger partial charge in [-0.3, -0.25) is 0 Å². The van der Waals surface area contributed by atoms with Crippen LogP contribution in [0.3, 0.4) is 0 Å².